The second-order valence-corrected chi connectivity index (χ2v) is 11.5. The van der Waals surface area contributed by atoms with Crippen LogP contribution in [0.3, 0.4) is 0 Å². The number of rotatable bonds is 4. The van der Waals surface area contributed by atoms with Gasteiger partial charge in [0.2, 0.25) is 0 Å². The lowest BCUT2D eigenvalue weighted by Crippen LogP contribution is -2.53. The number of aryl methyl sites for hydroxylation is 1. The summed E-state index contributed by atoms with van der Waals surface area (Å²) in [6, 6.07) is 38.2. The predicted molar refractivity (Wildman–Crippen MR) is 185 cm³/mol. The fourth-order valence-corrected chi connectivity index (χ4v) is 6.35. The van der Waals surface area contributed by atoms with E-state index in [2.05, 4.69) is 71.0 Å². The van der Waals surface area contributed by atoms with Crippen LogP contribution in [0, 0.1) is 6.92 Å². The van der Waals surface area contributed by atoms with Crippen molar-refractivity contribution in [3.8, 4) is 11.5 Å². The monoisotopic (exact) mass is 604 g/mol. The van der Waals surface area contributed by atoms with Crippen molar-refractivity contribution < 1.29 is 9.47 Å². The molecule has 0 saturated carbocycles. The van der Waals surface area contributed by atoms with Crippen LogP contribution in [0.15, 0.2) is 130 Å². The second-order valence-electron chi connectivity index (χ2n) is 11.5. The summed E-state index contributed by atoms with van der Waals surface area (Å²) in [5, 5.41) is 7.61. The van der Waals surface area contributed by atoms with Crippen molar-refractivity contribution in [1.82, 2.24) is 4.90 Å². The molecular weight excluding hydrogens is 572 g/mol. The normalized spacial score (nSPS) is 17.7. The van der Waals surface area contributed by atoms with Crippen LogP contribution in [0.5, 0.6) is 11.5 Å². The van der Waals surface area contributed by atoms with Gasteiger partial charge >= 0.3 is 0 Å². The minimum absolute atomic E-state index is 0.328. The van der Waals surface area contributed by atoms with Gasteiger partial charge in [-0.05, 0) is 61.0 Å². The molecule has 226 valence electrons. The van der Waals surface area contributed by atoms with Gasteiger partial charge in [0.15, 0.2) is 11.5 Å². The number of para-hydroxylation sites is 5. The number of nitrogens with zero attached hydrogens (tertiary/aromatic N) is 4. The van der Waals surface area contributed by atoms with Gasteiger partial charge < -0.3 is 20.1 Å². The highest BCUT2D eigenvalue weighted by molar-refractivity contribution is 6.23. The number of fused-ring (bicyclic) bond motifs is 7. The summed E-state index contributed by atoms with van der Waals surface area (Å²) >= 11 is 0. The average Bonchev–Trinajstić information content (AvgIpc) is 3.42. The number of nitrogens with one attached hydrogen (secondary N) is 2. The van der Waals surface area contributed by atoms with Crippen LogP contribution in [0.2, 0.25) is 0 Å². The predicted octanol–water partition coefficient (Wildman–Crippen LogP) is 8.18. The number of aliphatic imine (C=N–C) groups is 3. The molecule has 0 amide bonds. The maximum atomic E-state index is 5.79. The van der Waals surface area contributed by atoms with E-state index in [0.29, 0.717) is 11.5 Å². The van der Waals surface area contributed by atoms with Crippen LogP contribution in [0.25, 0.3) is 0 Å². The third-order valence-corrected chi connectivity index (χ3v) is 8.63. The Bertz CT molecular complexity index is 2070. The van der Waals surface area contributed by atoms with Crippen molar-refractivity contribution in [2.75, 3.05) is 24.9 Å². The van der Waals surface area contributed by atoms with E-state index in [1.807, 2.05) is 66.7 Å². The molecule has 8 nitrogen and oxygen atoms in total. The van der Waals surface area contributed by atoms with Crippen LogP contribution in [-0.2, 0) is 0 Å². The lowest BCUT2D eigenvalue weighted by Gasteiger charge is -2.38. The maximum Gasteiger partial charge on any atom is 0.161 e. The molecule has 0 radical (unpaired) electrons. The van der Waals surface area contributed by atoms with Crippen LogP contribution in [-0.4, -0.2) is 42.7 Å². The Morgan fingerprint density at radius 2 is 1.28 bits per heavy atom. The quantitative estimate of drug-likeness (QED) is 0.216. The third-order valence-electron chi connectivity index (χ3n) is 8.63. The molecule has 46 heavy (non-hydrogen) atoms. The summed E-state index contributed by atoms with van der Waals surface area (Å²) in [5.41, 5.74) is 8.36. The lowest BCUT2D eigenvalue weighted by atomic mass is 9.95. The van der Waals surface area contributed by atoms with Gasteiger partial charge in [0.05, 0.1) is 48.7 Å². The number of hydrogen-bond acceptors (Lipinski definition) is 8. The number of benzene rings is 5. The highest BCUT2D eigenvalue weighted by Crippen LogP contribution is 2.43. The van der Waals surface area contributed by atoms with Crippen molar-refractivity contribution in [3.63, 3.8) is 0 Å². The molecule has 5 aromatic rings. The summed E-state index contributed by atoms with van der Waals surface area (Å²) in [7, 11) is 3.31. The minimum Gasteiger partial charge on any atom is -0.493 e. The van der Waals surface area contributed by atoms with Crippen molar-refractivity contribution in [2.45, 2.75) is 19.0 Å². The molecule has 3 heterocycles. The van der Waals surface area contributed by atoms with Gasteiger partial charge in [-0.25, -0.2) is 15.0 Å². The summed E-state index contributed by atoms with van der Waals surface area (Å²) < 4.78 is 11.4. The Labute approximate surface area is 267 Å². The number of anilines is 2. The zero-order valence-corrected chi connectivity index (χ0v) is 25.7. The number of methoxy groups -OCH3 is 2. The van der Waals surface area contributed by atoms with Gasteiger partial charge in [-0.2, -0.15) is 0 Å². The minimum atomic E-state index is -0.425. The molecule has 5 aromatic carbocycles. The smallest absolute Gasteiger partial charge is 0.161 e. The van der Waals surface area contributed by atoms with E-state index < -0.39 is 6.04 Å². The van der Waals surface area contributed by atoms with E-state index in [4.69, 9.17) is 24.5 Å². The largest absolute Gasteiger partial charge is 0.493 e. The summed E-state index contributed by atoms with van der Waals surface area (Å²) in [6.45, 7) is 2.09. The molecule has 2 atom stereocenters. The third kappa shape index (κ3) is 4.66. The van der Waals surface area contributed by atoms with Gasteiger partial charge in [-0.1, -0.05) is 72.3 Å². The van der Waals surface area contributed by atoms with Gasteiger partial charge in [0.25, 0.3) is 0 Å². The summed E-state index contributed by atoms with van der Waals surface area (Å²) in [5.74, 6) is 3.62. The summed E-state index contributed by atoms with van der Waals surface area (Å²) in [6.07, 6.45) is 0. The highest BCUT2D eigenvalue weighted by Gasteiger charge is 2.44. The SMILES string of the molecule is COc1ccc(C2Nc3ccccc3NC3=Nc4ccccc4C4=Nc5ccccc5N=C(c5ccc(C)cc5)N4C32)cc1OC. The Hall–Kier alpha value is -5.89. The zero-order valence-electron chi connectivity index (χ0n) is 25.7. The van der Waals surface area contributed by atoms with Crippen LogP contribution < -0.4 is 20.1 Å². The molecule has 8 heteroatoms. The van der Waals surface area contributed by atoms with Gasteiger partial charge in [0.1, 0.15) is 23.5 Å². The molecule has 3 aliphatic rings. The summed E-state index contributed by atoms with van der Waals surface area (Å²) in [4.78, 5) is 18.4. The standard InChI is InChI=1S/C38H32N6O2/c1-23-16-18-24(19-17-23)37-42-30-14-8-9-15-31(30)43-38-26-10-4-5-11-27(26)40-36-35(44(37)38)34(39-28-12-6-7-13-29(28)41-36)25-20-21-32(45-2)33(22-25)46-3/h4-22,34-35,39H,1-3H3,(H,40,41). The molecule has 2 unspecified atom stereocenters. The van der Waals surface area contributed by atoms with Gasteiger partial charge in [0, 0.05) is 11.1 Å². The van der Waals surface area contributed by atoms with Crippen molar-refractivity contribution in [1.29, 1.82) is 0 Å². The Morgan fingerprint density at radius 1 is 0.630 bits per heavy atom. The van der Waals surface area contributed by atoms with Crippen LogP contribution in [0.4, 0.5) is 28.4 Å². The number of hydrogen-bond donors (Lipinski definition) is 2. The van der Waals surface area contributed by atoms with Crippen molar-refractivity contribution in [2.24, 2.45) is 15.0 Å². The Kier molecular flexibility index (Phi) is 6.75. The van der Waals surface area contributed by atoms with Crippen molar-refractivity contribution >= 4 is 45.9 Å². The van der Waals surface area contributed by atoms with E-state index in [-0.39, 0.29) is 6.04 Å². The maximum absolute atomic E-state index is 5.79. The molecular formula is C38H32N6O2. The molecule has 3 aliphatic heterocycles. The zero-order chi connectivity index (χ0) is 31.2. The molecule has 2 N–H and O–H groups in total. The molecule has 0 aliphatic carbocycles. The van der Waals surface area contributed by atoms with E-state index in [1.165, 1.54) is 5.56 Å². The topological polar surface area (TPSA) is 82.8 Å². The highest BCUT2D eigenvalue weighted by atomic mass is 16.5. The first-order valence-electron chi connectivity index (χ1n) is 15.3. The first-order chi connectivity index (χ1) is 22.6. The second kappa shape index (κ2) is 11.2. The average molecular weight is 605 g/mol. The van der Waals surface area contributed by atoms with Crippen LogP contribution >= 0.6 is 0 Å². The molecule has 8 rings (SSSR count). The van der Waals surface area contributed by atoms with E-state index >= 15 is 0 Å². The molecule has 0 bridgehead atoms. The van der Waals surface area contributed by atoms with E-state index in [1.54, 1.807) is 14.2 Å². The van der Waals surface area contributed by atoms with Gasteiger partial charge in [-0.3, -0.25) is 4.90 Å². The fourth-order valence-electron chi connectivity index (χ4n) is 6.35. The number of amidine groups is 3. The molecule has 0 aromatic heterocycles. The first kappa shape index (κ1) is 27.6. The van der Waals surface area contributed by atoms with E-state index in [0.717, 1.165) is 62.6 Å². The first-order valence-corrected chi connectivity index (χ1v) is 15.3. The van der Waals surface area contributed by atoms with Gasteiger partial charge in [-0.15, -0.1) is 0 Å². The van der Waals surface area contributed by atoms with Crippen molar-refractivity contribution in [3.05, 3.63) is 138 Å². The molecule has 0 fully saturated rings. The van der Waals surface area contributed by atoms with E-state index in [9.17, 15) is 0 Å². The Balaban J connectivity index is 1.45. The molecule has 0 spiro atoms. The van der Waals surface area contributed by atoms with Crippen LogP contribution in [0.1, 0.15) is 28.3 Å². The lowest BCUT2D eigenvalue weighted by molar-refractivity contribution is 0.354. The Morgan fingerprint density at radius 3 is 2.02 bits per heavy atom. The number of ether oxygens (including phenoxy) is 2. The molecule has 0 saturated heterocycles. The fraction of sp³-hybridized carbons (Fsp3) is 0.132.